The molecule has 0 saturated carbocycles. The van der Waals surface area contributed by atoms with Gasteiger partial charge in [0.2, 0.25) is 0 Å². The zero-order chi connectivity index (χ0) is 9.00. The molecule has 0 radical (unpaired) electrons. The summed E-state index contributed by atoms with van der Waals surface area (Å²) in [5.74, 6) is 0. The zero-order valence-corrected chi connectivity index (χ0v) is 10.2. The molecule has 0 aliphatic carbocycles. The molecule has 10 nitrogen and oxygen atoms in total. The Labute approximate surface area is 88.5 Å². The predicted molar refractivity (Wildman–Crippen MR) is 7.23 cm³/mol. The molecular weight excluding hydrogens is 296 g/mol. The molecule has 0 aliphatic heterocycles. The van der Waals surface area contributed by atoms with E-state index in [1.54, 1.807) is 0 Å². The number of hydrogen-bond acceptors (Lipinski definition) is 8. The summed E-state index contributed by atoms with van der Waals surface area (Å²) in [6.45, 7) is 0. The molecule has 0 aromatic carbocycles. The van der Waals surface area contributed by atoms with Gasteiger partial charge in [-0.2, -0.15) is 0 Å². The maximum atomic E-state index is 8.49. The van der Waals surface area contributed by atoms with Crippen LogP contribution in [0.4, 0.5) is 0 Å². The van der Waals surface area contributed by atoms with Crippen LogP contribution in [0.15, 0.2) is 0 Å². The maximum Gasteiger partial charge on any atom is 2.00 e. The molecule has 0 rings (SSSR count). The minimum Gasteiger partial charge on any atom is -0.412 e. The third-order valence-electron chi connectivity index (χ3n) is 0. The zero-order valence-electron chi connectivity index (χ0n) is 5.73. The van der Waals surface area contributed by atoms with Gasteiger partial charge >= 0.3 is 19.5 Å². The summed E-state index contributed by atoms with van der Waals surface area (Å²) in [6, 6.07) is 0. The molecule has 0 aliphatic rings. The Hall–Kier alpha value is 0.803. The van der Waals surface area contributed by atoms with E-state index < -0.39 is 20.5 Å². The minimum atomic E-state index is -4.94. The quantitative estimate of drug-likeness (QED) is 0.387. The summed E-state index contributed by atoms with van der Waals surface area (Å²) in [6.07, 6.45) is 0. The summed E-state index contributed by atoms with van der Waals surface area (Å²) < 4.78 is 67.9. The Balaban J connectivity index is -0.0000000267. The van der Waals surface area contributed by atoms with Gasteiger partial charge in [0.05, 0.1) is 0 Å². The first-order valence-electron chi connectivity index (χ1n) is 1.23. The van der Waals surface area contributed by atoms with Gasteiger partial charge in [0, 0.05) is 0 Å². The van der Waals surface area contributed by atoms with Gasteiger partial charge in [0.1, 0.15) is 0 Å². The topological polar surface area (TPSA) is 247 Å². The average Bonchev–Trinajstić information content (AvgIpc) is 1.12. The molecule has 0 unspecified atom stereocenters. The normalized spacial score (nSPS) is 9.23. The van der Waals surface area contributed by atoms with Gasteiger partial charge < -0.3 is 11.0 Å². The van der Waals surface area contributed by atoms with Crippen LogP contribution in [0.3, 0.4) is 0 Å². The van der Waals surface area contributed by atoms with E-state index in [-0.39, 0.29) is 30.4 Å². The number of rotatable bonds is 0. The molecule has 4 N–H and O–H groups in total. The molecule has 13 heteroatoms. The molecule has 13 heavy (non-hydrogen) atoms. The summed E-state index contributed by atoms with van der Waals surface area (Å²) in [5, 5.41) is 0. The SMILES string of the molecule is O.O.[O-][Cl+3]([O-])([O-])[O-].[O-][Cl+3]([O-])([O-])[O-].[Zn+2]. The van der Waals surface area contributed by atoms with E-state index in [4.69, 9.17) is 37.3 Å². The van der Waals surface area contributed by atoms with Gasteiger partial charge in [-0.25, -0.2) is 37.3 Å². The molecule has 0 atom stereocenters. The standard InChI is InChI=1S/2ClHO4.2H2O.Zn/c2*2-1(3,4)5;;;/h2*(H,2,3,4,5);2*1H2;/q;;;;+2/p-2. The molecule has 0 spiro atoms. The van der Waals surface area contributed by atoms with Crippen LogP contribution < -0.4 is 37.3 Å². The van der Waals surface area contributed by atoms with Crippen LogP contribution in [-0.4, -0.2) is 11.0 Å². The Kier molecular flexibility index (Phi) is 24.4. The second-order valence-electron chi connectivity index (χ2n) is 0.756. The van der Waals surface area contributed by atoms with Crippen molar-refractivity contribution in [3.8, 4) is 0 Å². The Bertz CT molecular complexity index is 55.9. The van der Waals surface area contributed by atoms with Crippen molar-refractivity contribution in [3.05, 3.63) is 0 Å². The van der Waals surface area contributed by atoms with E-state index in [2.05, 4.69) is 0 Å². The number of halogens is 2. The molecule has 0 aromatic heterocycles. The third-order valence-corrected chi connectivity index (χ3v) is 0. The molecule has 0 saturated heterocycles. The van der Waals surface area contributed by atoms with E-state index in [0.29, 0.717) is 0 Å². The van der Waals surface area contributed by atoms with Crippen LogP contribution in [0.2, 0.25) is 0 Å². The van der Waals surface area contributed by atoms with Crippen LogP contribution >= 0.6 is 0 Å². The average molecular weight is 300 g/mol. The van der Waals surface area contributed by atoms with Gasteiger partial charge in [-0.3, -0.25) is 0 Å². The fourth-order valence-electron chi connectivity index (χ4n) is 0. The van der Waals surface area contributed by atoms with Gasteiger partial charge in [0.25, 0.3) is 0 Å². The van der Waals surface area contributed by atoms with Crippen molar-refractivity contribution in [3.63, 3.8) is 0 Å². The predicted octanol–water partition coefficient (Wildman–Crippen LogP) is -11.2. The fraction of sp³-hybridized carbons (Fsp3) is 0. The summed E-state index contributed by atoms with van der Waals surface area (Å²) >= 11 is 0. The summed E-state index contributed by atoms with van der Waals surface area (Å²) in [5.41, 5.74) is 0. The van der Waals surface area contributed by atoms with E-state index >= 15 is 0 Å². The maximum absolute atomic E-state index is 8.49. The molecular formula is H4Cl2O10Zn. The second-order valence-corrected chi connectivity index (χ2v) is 2.27. The van der Waals surface area contributed by atoms with E-state index in [9.17, 15) is 0 Å². The van der Waals surface area contributed by atoms with Crippen LogP contribution in [0.25, 0.3) is 0 Å². The van der Waals surface area contributed by atoms with Gasteiger partial charge in [-0.1, -0.05) is 0 Å². The van der Waals surface area contributed by atoms with Crippen molar-refractivity contribution in [1.82, 2.24) is 0 Å². The van der Waals surface area contributed by atoms with Crippen molar-refractivity contribution < 1.29 is 88.2 Å². The monoisotopic (exact) mass is 298 g/mol. The third kappa shape index (κ3) is 2320. The Morgan fingerprint density at radius 2 is 0.462 bits per heavy atom. The Morgan fingerprint density at radius 1 is 0.462 bits per heavy atom. The van der Waals surface area contributed by atoms with E-state index in [1.165, 1.54) is 0 Å². The number of hydrogen-bond donors (Lipinski definition) is 0. The van der Waals surface area contributed by atoms with Crippen molar-refractivity contribution in [1.29, 1.82) is 0 Å². The first kappa shape index (κ1) is 29.2. The molecule has 0 heterocycles. The smallest absolute Gasteiger partial charge is 0.412 e. The molecule has 0 amide bonds. The van der Waals surface area contributed by atoms with Gasteiger partial charge in [-0.05, 0) is 0 Å². The first-order valence-corrected chi connectivity index (χ1v) is 3.70. The first-order chi connectivity index (χ1) is 4.00. The summed E-state index contributed by atoms with van der Waals surface area (Å²) in [4.78, 5) is 0. The second kappa shape index (κ2) is 10.9. The molecule has 0 fully saturated rings. The van der Waals surface area contributed by atoms with Crippen molar-refractivity contribution >= 4 is 0 Å². The van der Waals surface area contributed by atoms with E-state index in [1.807, 2.05) is 0 Å². The van der Waals surface area contributed by atoms with Crippen LogP contribution in [0.5, 0.6) is 0 Å². The largest absolute Gasteiger partial charge is 2.00 e. The molecule has 0 aromatic rings. The van der Waals surface area contributed by atoms with Crippen molar-refractivity contribution in [2.45, 2.75) is 0 Å². The van der Waals surface area contributed by atoms with Crippen molar-refractivity contribution in [2.24, 2.45) is 0 Å². The Morgan fingerprint density at radius 3 is 0.462 bits per heavy atom. The fourth-order valence-corrected chi connectivity index (χ4v) is 0. The minimum absolute atomic E-state index is 0. The van der Waals surface area contributed by atoms with Gasteiger partial charge in [-0.15, -0.1) is 20.5 Å². The van der Waals surface area contributed by atoms with Gasteiger partial charge in [0.15, 0.2) is 0 Å². The van der Waals surface area contributed by atoms with Crippen LogP contribution in [-0.2, 0) is 19.5 Å². The molecule has 80 valence electrons. The van der Waals surface area contributed by atoms with E-state index in [0.717, 1.165) is 0 Å². The van der Waals surface area contributed by atoms with Crippen LogP contribution in [0, 0.1) is 20.5 Å². The van der Waals surface area contributed by atoms with Crippen molar-refractivity contribution in [2.75, 3.05) is 0 Å². The molecule has 0 bridgehead atoms. The van der Waals surface area contributed by atoms with Crippen LogP contribution in [0.1, 0.15) is 0 Å². The summed E-state index contributed by atoms with van der Waals surface area (Å²) in [7, 11) is -9.89.